The van der Waals surface area contributed by atoms with E-state index < -0.39 is 36.0 Å². The molecule has 0 radical (unpaired) electrons. The lowest BCUT2D eigenvalue weighted by Gasteiger charge is -2.42. The molecule has 0 aromatic carbocycles. The Hall–Kier alpha value is -2.38. The van der Waals surface area contributed by atoms with Gasteiger partial charge in [-0.25, -0.2) is 9.59 Å². The Morgan fingerprint density at radius 1 is 1.38 bits per heavy atom. The molecule has 0 spiro atoms. The maximum Gasteiger partial charge on any atom is 0.407 e. The fourth-order valence-electron chi connectivity index (χ4n) is 1.75. The van der Waals surface area contributed by atoms with Crippen LogP contribution >= 0.6 is 0 Å². The van der Waals surface area contributed by atoms with Crippen LogP contribution in [-0.4, -0.2) is 52.6 Å². The number of likely N-dealkylation sites (tertiary alicyclic amines) is 1. The highest BCUT2D eigenvalue weighted by Gasteiger charge is 2.48. The van der Waals surface area contributed by atoms with Gasteiger partial charge in [-0.05, 0) is 12.8 Å². The van der Waals surface area contributed by atoms with Gasteiger partial charge in [-0.2, -0.15) is 0 Å². The smallest absolute Gasteiger partial charge is 0.407 e. The minimum absolute atomic E-state index is 0.171. The molecule has 8 nitrogen and oxygen atoms in total. The van der Waals surface area contributed by atoms with Crippen molar-refractivity contribution in [3.8, 4) is 0 Å². The zero-order valence-electron chi connectivity index (χ0n) is 12.0. The number of carboxylic acid groups (broad SMARTS) is 1. The highest BCUT2D eigenvalue weighted by atomic mass is 16.5. The molecule has 8 heteroatoms. The standard InChI is InChI=1S/C13H18N2O6/c1-7(2)6-21-13(20)14-11-8(3)15(12(11)19)9(16)4-5-10(17)18/h4-5,7-8,11H,6H2,1-3H3,(H,14,20)(H,17,18)/t8-,11+/m1/s1. The second kappa shape index (κ2) is 6.87. The van der Waals surface area contributed by atoms with Gasteiger partial charge in [-0.1, -0.05) is 13.8 Å². The van der Waals surface area contributed by atoms with Crippen LogP contribution in [0.5, 0.6) is 0 Å². The maximum atomic E-state index is 11.8. The highest BCUT2D eigenvalue weighted by molar-refractivity contribution is 6.09. The van der Waals surface area contributed by atoms with Gasteiger partial charge < -0.3 is 15.2 Å². The Bertz CT molecular complexity index is 485. The van der Waals surface area contributed by atoms with Crippen molar-refractivity contribution in [3.63, 3.8) is 0 Å². The molecule has 2 atom stereocenters. The van der Waals surface area contributed by atoms with Crippen LogP contribution < -0.4 is 5.32 Å². The molecule has 1 aliphatic heterocycles. The second-order valence-corrected chi connectivity index (χ2v) is 5.07. The second-order valence-electron chi connectivity index (χ2n) is 5.07. The molecule has 1 aliphatic rings. The lowest BCUT2D eigenvalue weighted by Crippen LogP contribution is -2.70. The van der Waals surface area contributed by atoms with Crippen molar-refractivity contribution < 1.29 is 29.0 Å². The minimum Gasteiger partial charge on any atom is -0.478 e. The monoisotopic (exact) mass is 298 g/mol. The van der Waals surface area contributed by atoms with Crippen molar-refractivity contribution >= 4 is 23.9 Å². The number of ether oxygens (including phenoxy) is 1. The minimum atomic E-state index is -1.28. The van der Waals surface area contributed by atoms with Gasteiger partial charge in [0.2, 0.25) is 0 Å². The summed E-state index contributed by atoms with van der Waals surface area (Å²) in [7, 11) is 0. The third-order valence-corrected chi connectivity index (χ3v) is 2.82. The molecule has 0 bridgehead atoms. The van der Waals surface area contributed by atoms with E-state index >= 15 is 0 Å². The number of imide groups is 1. The largest absolute Gasteiger partial charge is 0.478 e. The van der Waals surface area contributed by atoms with Crippen LogP contribution in [0, 0.1) is 5.92 Å². The number of hydrogen-bond acceptors (Lipinski definition) is 5. The Labute approximate surface area is 121 Å². The van der Waals surface area contributed by atoms with E-state index in [0.717, 1.165) is 11.0 Å². The van der Waals surface area contributed by atoms with E-state index in [9.17, 15) is 19.2 Å². The predicted molar refractivity (Wildman–Crippen MR) is 71.2 cm³/mol. The first kappa shape index (κ1) is 16.7. The van der Waals surface area contributed by atoms with Crippen molar-refractivity contribution in [2.75, 3.05) is 6.61 Å². The summed E-state index contributed by atoms with van der Waals surface area (Å²) >= 11 is 0. The molecule has 0 aliphatic carbocycles. The van der Waals surface area contributed by atoms with Gasteiger partial charge in [0.1, 0.15) is 6.04 Å². The number of rotatable bonds is 5. The summed E-state index contributed by atoms with van der Waals surface area (Å²) in [6.45, 7) is 5.55. The summed E-state index contributed by atoms with van der Waals surface area (Å²) in [6, 6.07) is -1.40. The Balaban J connectivity index is 2.52. The van der Waals surface area contributed by atoms with Crippen molar-refractivity contribution in [3.05, 3.63) is 12.2 Å². The molecule has 0 aromatic rings. The van der Waals surface area contributed by atoms with Crippen molar-refractivity contribution in [1.29, 1.82) is 0 Å². The van der Waals surface area contributed by atoms with Crippen LogP contribution in [-0.2, 0) is 19.1 Å². The average molecular weight is 298 g/mol. The predicted octanol–water partition coefficient (Wildman–Crippen LogP) is 0.135. The SMILES string of the molecule is CC(C)COC(=O)N[C@@H]1C(=O)N(C(=O)C=CC(=O)O)[C@@H]1C. The third-order valence-electron chi connectivity index (χ3n) is 2.82. The maximum absolute atomic E-state index is 11.8. The molecular formula is C13H18N2O6. The van der Waals surface area contributed by atoms with Gasteiger partial charge in [0.05, 0.1) is 12.6 Å². The van der Waals surface area contributed by atoms with Gasteiger partial charge in [0, 0.05) is 12.2 Å². The van der Waals surface area contributed by atoms with Crippen LogP contribution in [0.25, 0.3) is 0 Å². The Morgan fingerprint density at radius 3 is 2.48 bits per heavy atom. The summed E-state index contributed by atoms with van der Waals surface area (Å²) in [6.07, 6.45) is 0.728. The third kappa shape index (κ3) is 4.30. The average Bonchev–Trinajstić information content (AvgIpc) is 2.40. The summed E-state index contributed by atoms with van der Waals surface area (Å²) in [4.78, 5) is 46.0. The first-order chi connectivity index (χ1) is 9.73. The van der Waals surface area contributed by atoms with Gasteiger partial charge in [-0.3, -0.25) is 14.5 Å². The molecule has 1 fully saturated rings. The molecule has 21 heavy (non-hydrogen) atoms. The van der Waals surface area contributed by atoms with E-state index in [1.54, 1.807) is 6.92 Å². The van der Waals surface area contributed by atoms with Crippen LogP contribution in [0.3, 0.4) is 0 Å². The van der Waals surface area contributed by atoms with Gasteiger partial charge in [0.15, 0.2) is 0 Å². The number of carboxylic acids is 1. The zero-order valence-corrected chi connectivity index (χ0v) is 12.0. The summed E-state index contributed by atoms with van der Waals surface area (Å²) < 4.78 is 4.88. The zero-order chi connectivity index (χ0) is 16.2. The van der Waals surface area contributed by atoms with Crippen LogP contribution in [0.1, 0.15) is 20.8 Å². The van der Waals surface area contributed by atoms with E-state index in [-0.39, 0.29) is 12.5 Å². The molecule has 2 N–H and O–H groups in total. The van der Waals surface area contributed by atoms with E-state index in [4.69, 9.17) is 9.84 Å². The van der Waals surface area contributed by atoms with E-state index in [1.807, 2.05) is 13.8 Å². The van der Waals surface area contributed by atoms with Crippen molar-refractivity contribution in [1.82, 2.24) is 10.2 Å². The molecule has 1 rings (SSSR count). The molecule has 0 aromatic heterocycles. The molecule has 3 amide bonds. The lowest BCUT2D eigenvalue weighted by molar-refractivity contribution is -0.158. The summed E-state index contributed by atoms with van der Waals surface area (Å²) in [5.74, 6) is -2.44. The van der Waals surface area contributed by atoms with E-state index in [0.29, 0.717) is 6.08 Å². The Kier molecular flexibility index (Phi) is 5.45. The highest BCUT2D eigenvalue weighted by Crippen LogP contribution is 2.20. The normalized spacial score (nSPS) is 21.3. The van der Waals surface area contributed by atoms with E-state index in [2.05, 4.69) is 5.32 Å². The first-order valence-electron chi connectivity index (χ1n) is 6.45. The van der Waals surface area contributed by atoms with Gasteiger partial charge >= 0.3 is 12.1 Å². The number of nitrogens with one attached hydrogen (secondary N) is 1. The van der Waals surface area contributed by atoms with Crippen molar-refractivity contribution in [2.45, 2.75) is 32.9 Å². The summed E-state index contributed by atoms with van der Waals surface area (Å²) in [5.41, 5.74) is 0. The van der Waals surface area contributed by atoms with Gasteiger partial charge in [0.25, 0.3) is 11.8 Å². The number of β-lactam (4-membered cyclic amide) rings is 1. The number of amides is 3. The topological polar surface area (TPSA) is 113 Å². The fourth-order valence-corrected chi connectivity index (χ4v) is 1.75. The molecule has 0 saturated carbocycles. The fraction of sp³-hybridized carbons (Fsp3) is 0.538. The number of nitrogens with zero attached hydrogens (tertiary/aromatic N) is 1. The van der Waals surface area contributed by atoms with E-state index in [1.165, 1.54) is 0 Å². The van der Waals surface area contributed by atoms with Crippen molar-refractivity contribution in [2.24, 2.45) is 5.92 Å². The number of carbonyl (C=O) groups is 4. The molecule has 0 unspecified atom stereocenters. The molecular weight excluding hydrogens is 280 g/mol. The quantitative estimate of drug-likeness (QED) is 0.551. The van der Waals surface area contributed by atoms with Crippen LogP contribution in [0.4, 0.5) is 4.79 Å². The molecule has 116 valence electrons. The van der Waals surface area contributed by atoms with Crippen LogP contribution in [0.2, 0.25) is 0 Å². The molecule has 1 heterocycles. The number of carbonyl (C=O) groups excluding carboxylic acids is 3. The Morgan fingerprint density at radius 2 is 2.00 bits per heavy atom. The number of alkyl carbamates (subject to hydrolysis) is 1. The number of hydrogen-bond donors (Lipinski definition) is 2. The van der Waals surface area contributed by atoms with Crippen LogP contribution in [0.15, 0.2) is 12.2 Å². The summed E-state index contributed by atoms with van der Waals surface area (Å²) in [5, 5.41) is 10.8. The lowest BCUT2D eigenvalue weighted by atomic mass is 9.96. The molecule has 1 saturated heterocycles. The first-order valence-corrected chi connectivity index (χ1v) is 6.45. The number of aliphatic carboxylic acids is 1. The van der Waals surface area contributed by atoms with Gasteiger partial charge in [-0.15, -0.1) is 0 Å².